The maximum absolute atomic E-state index is 7.45. The number of ether oxygens (including phenoxy) is 1. The second-order valence-corrected chi connectivity index (χ2v) is 15.9. The molecule has 2 fully saturated rings. The normalized spacial score (nSPS) is 35.2. The molecule has 2 saturated heterocycles. The minimum Gasteiger partial charge on any atom is -0.412 e. The molecule has 2 bridgehead atoms. The summed E-state index contributed by atoms with van der Waals surface area (Å²) in [6, 6.07) is 0. The smallest absolute Gasteiger partial charge is 0.200 e. The summed E-state index contributed by atoms with van der Waals surface area (Å²) < 4.78 is 14.1. The average molecular weight is 369 g/mol. The first kappa shape index (κ1) is 21.4. The van der Waals surface area contributed by atoms with Crippen LogP contribution in [0, 0.1) is 11.3 Å². The predicted octanol–water partition coefficient (Wildman–Crippen LogP) is 6.94. The molecule has 148 valence electrons. The van der Waals surface area contributed by atoms with Gasteiger partial charge in [0.05, 0.1) is 17.8 Å². The van der Waals surface area contributed by atoms with Crippen LogP contribution in [0.5, 0.6) is 0 Å². The molecule has 2 aliphatic heterocycles. The van der Waals surface area contributed by atoms with Gasteiger partial charge in [-0.05, 0) is 42.8 Å². The Hall–Kier alpha value is 0.137. The van der Waals surface area contributed by atoms with Gasteiger partial charge >= 0.3 is 0 Å². The van der Waals surface area contributed by atoms with Crippen molar-refractivity contribution >= 4 is 8.32 Å². The van der Waals surface area contributed by atoms with E-state index in [1.54, 1.807) is 0 Å². The first-order valence-corrected chi connectivity index (χ1v) is 12.9. The van der Waals surface area contributed by atoms with Gasteiger partial charge in [0.1, 0.15) is 0 Å². The van der Waals surface area contributed by atoms with Crippen molar-refractivity contribution in [1.29, 1.82) is 0 Å². The number of hydrogen-bond donors (Lipinski definition) is 0. The quantitative estimate of drug-likeness (QED) is 0.453. The summed E-state index contributed by atoms with van der Waals surface area (Å²) >= 11 is 0. The van der Waals surface area contributed by atoms with Crippen LogP contribution in [0.3, 0.4) is 0 Å². The Morgan fingerprint density at radius 1 is 1.00 bits per heavy atom. The maximum Gasteiger partial charge on any atom is 0.200 e. The Morgan fingerprint density at radius 3 is 1.96 bits per heavy atom. The molecule has 0 amide bonds. The zero-order chi connectivity index (χ0) is 19.2. The molecule has 3 heteroatoms. The lowest BCUT2D eigenvalue weighted by Crippen LogP contribution is -2.62. The molecular weight excluding hydrogens is 324 g/mol. The van der Waals surface area contributed by atoms with E-state index in [1.165, 1.54) is 25.7 Å². The molecule has 0 spiro atoms. The SMILES string of the molecule is CCC[C@H]1[C@@H](O[Si](C(C)C)(C(C)C)C(C)C)C(C)(C)[C@H]2CC[C@]1(C)O2. The van der Waals surface area contributed by atoms with Crippen LogP contribution in [0.1, 0.15) is 94.9 Å². The summed E-state index contributed by atoms with van der Waals surface area (Å²) in [4.78, 5) is 0. The first-order chi connectivity index (χ1) is 11.4. The summed E-state index contributed by atoms with van der Waals surface area (Å²) in [5.74, 6) is 0.523. The average Bonchev–Trinajstić information content (AvgIpc) is 2.86. The van der Waals surface area contributed by atoms with E-state index in [-0.39, 0.29) is 11.0 Å². The van der Waals surface area contributed by atoms with Crippen molar-refractivity contribution in [2.75, 3.05) is 0 Å². The molecule has 0 N–H and O–H groups in total. The third-order valence-corrected chi connectivity index (χ3v) is 13.7. The van der Waals surface area contributed by atoms with Crippen molar-refractivity contribution in [2.45, 2.75) is 129 Å². The lowest BCUT2D eigenvalue weighted by molar-refractivity contribution is -0.212. The van der Waals surface area contributed by atoms with Crippen molar-refractivity contribution in [3.05, 3.63) is 0 Å². The van der Waals surface area contributed by atoms with Gasteiger partial charge in [0.2, 0.25) is 8.32 Å². The van der Waals surface area contributed by atoms with Crippen LogP contribution in [0.25, 0.3) is 0 Å². The zero-order valence-corrected chi connectivity index (χ0v) is 19.6. The van der Waals surface area contributed by atoms with E-state index in [1.807, 2.05) is 0 Å². The van der Waals surface area contributed by atoms with Crippen LogP contribution >= 0.6 is 0 Å². The fourth-order valence-electron chi connectivity index (χ4n) is 6.31. The molecule has 4 atom stereocenters. The molecule has 2 nitrogen and oxygen atoms in total. The van der Waals surface area contributed by atoms with E-state index >= 15 is 0 Å². The monoisotopic (exact) mass is 368 g/mol. The summed E-state index contributed by atoms with van der Waals surface area (Å²) in [5.41, 5.74) is 2.04. The van der Waals surface area contributed by atoms with E-state index in [2.05, 4.69) is 69.2 Å². The van der Waals surface area contributed by atoms with Gasteiger partial charge in [-0.2, -0.15) is 0 Å². The molecule has 2 rings (SSSR count). The number of rotatable bonds is 7. The molecule has 0 unspecified atom stereocenters. The summed E-state index contributed by atoms with van der Waals surface area (Å²) in [6.07, 6.45) is 5.51. The standard InChI is InChI=1S/C22H44O2Si/c1-11-12-18-20(21(8,9)19-13-14-22(18,10)23-19)24-25(15(2)3,16(4)5)17(6)7/h15-20H,11-14H2,1-10H3/t18-,19+,20+,22-/m0/s1. The van der Waals surface area contributed by atoms with Gasteiger partial charge in [0, 0.05) is 11.3 Å². The first-order valence-electron chi connectivity index (χ1n) is 10.8. The highest BCUT2D eigenvalue weighted by molar-refractivity contribution is 6.77. The van der Waals surface area contributed by atoms with Crippen LogP contribution in [-0.4, -0.2) is 26.1 Å². The lowest BCUT2D eigenvalue weighted by Gasteiger charge is -2.56. The second kappa shape index (κ2) is 7.28. The van der Waals surface area contributed by atoms with Crippen LogP contribution in [0.4, 0.5) is 0 Å². The Bertz CT molecular complexity index is 435. The molecule has 2 heterocycles. The predicted molar refractivity (Wildman–Crippen MR) is 111 cm³/mol. The minimum absolute atomic E-state index is 0.0198. The molecule has 0 saturated carbocycles. The van der Waals surface area contributed by atoms with Crippen molar-refractivity contribution in [2.24, 2.45) is 11.3 Å². The highest BCUT2D eigenvalue weighted by atomic mass is 28.4. The maximum atomic E-state index is 7.45. The van der Waals surface area contributed by atoms with Crippen molar-refractivity contribution < 1.29 is 9.16 Å². The Labute approximate surface area is 158 Å². The van der Waals surface area contributed by atoms with Crippen LogP contribution in [-0.2, 0) is 9.16 Å². The summed E-state index contributed by atoms with van der Waals surface area (Å²) in [6.45, 7) is 23.9. The highest BCUT2D eigenvalue weighted by Crippen LogP contribution is 2.57. The summed E-state index contributed by atoms with van der Waals surface area (Å²) in [7, 11) is -1.89. The van der Waals surface area contributed by atoms with E-state index in [0.29, 0.717) is 34.7 Å². The molecule has 0 aliphatic carbocycles. The van der Waals surface area contributed by atoms with E-state index in [9.17, 15) is 0 Å². The fourth-order valence-corrected chi connectivity index (χ4v) is 12.0. The highest BCUT2D eigenvalue weighted by Gasteiger charge is 2.61. The fraction of sp³-hybridized carbons (Fsp3) is 1.00. The third-order valence-electron chi connectivity index (χ3n) is 7.67. The molecule has 0 radical (unpaired) electrons. The Kier molecular flexibility index (Phi) is 6.24. The number of hydrogen-bond acceptors (Lipinski definition) is 2. The Morgan fingerprint density at radius 2 is 1.52 bits per heavy atom. The van der Waals surface area contributed by atoms with Crippen LogP contribution in [0.15, 0.2) is 0 Å². The number of fused-ring (bicyclic) bond motifs is 2. The van der Waals surface area contributed by atoms with Gasteiger partial charge in [0.15, 0.2) is 0 Å². The zero-order valence-electron chi connectivity index (χ0n) is 18.6. The topological polar surface area (TPSA) is 18.5 Å². The van der Waals surface area contributed by atoms with Gasteiger partial charge in [0.25, 0.3) is 0 Å². The molecule has 25 heavy (non-hydrogen) atoms. The largest absolute Gasteiger partial charge is 0.412 e. The van der Waals surface area contributed by atoms with E-state index in [0.717, 1.165) is 0 Å². The van der Waals surface area contributed by atoms with Gasteiger partial charge in [-0.3, -0.25) is 0 Å². The Balaban J connectivity index is 2.48. The van der Waals surface area contributed by atoms with Crippen molar-refractivity contribution in [3.63, 3.8) is 0 Å². The molecule has 0 aromatic heterocycles. The van der Waals surface area contributed by atoms with Gasteiger partial charge in [-0.1, -0.05) is 68.7 Å². The van der Waals surface area contributed by atoms with Crippen molar-refractivity contribution in [3.8, 4) is 0 Å². The molecule has 2 aliphatic rings. The van der Waals surface area contributed by atoms with Crippen molar-refractivity contribution in [1.82, 2.24) is 0 Å². The molecule has 0 aromatic carbocycles. The summed E-state index contributed by atoms with van der Waals surface area (Å²) in [5, 5.41) is 0. The second-order valence-electron chi connectivity index (χ2n) is 10.5. The van der Waals surface area contributed by atoms with E-state index < -0.39 is 8.32 Å². The molecular formula is C22H44O2Si. The van der Waals surface area contributed by atoms with E-state index in [4.69, 9.17) is 9.16 Å². The van der Waals surface area contributed by atoms with Gasteiger partial charge in [-0.15, -0.1) is 0 Å². The van der Waals surface area contributed by atoms with Gasteiger partial charge in [-0.25, -0.2) is 0 Å². The van der Waals surface area contributed by atoms with Crippen LogP contribution < -0.4 is 0 Å². The van der Waals surface area contributed by atoms with Crippen LogP contribution in [0.2, 0.25) is 16.6 Å². The van der Waals surface area contributed by atoms with Gasteiger partial charge < -0.3 is 9.16 Å². The lowest BCUT2D eigenvalue weighted by atomic mass is 9.69. The third kappa shape index (κ3) is 3.38. The minimum atomic E-state index is -1.89. The molecule has 0 aromatic rings.